The maximum absolute atomic E-state index is 11.0. The van der Waals surface area contributed by atoms with E-state index in [-0.39, 0.29) is 11.5 Å². The standard InChI is InChI=1S/C28H38O2Si/c1-20-14-15-24-23(17-20)27-25(29)18-21(19-26(27)30-28(24,2)3)11-9-10-16-31(4,5)22-12-7-6-8-13-22/h6-8,12-13,17-19,23-24,29H,9-11,14-16H2,1-5H3/t23-,24-/m1/s1. The van der Waals surface area contributed by atoms with E-state index in [1.54, 1.807) is 5.19 Å². The molecule has 4 rings (SSSR count). The average molecular weight is 435 g/mol. The van der Waals surface area contributed by atoms with E-state index >= 15 is 0 Å². The summed E-state index contributed by atoms with van der Waals surface area (Å²) in [6, 6.07) is 16.5. The summed E-state index contributed by atoms with van der Waals surface area (Å²) in [5.41, 5.74) is 3.43. The summed E-state index contributed by atoms with van der Waals surface area (Å²) in [4.78, 5) is 0. The molecule has 2 nitrogen and oxygen atoms in total. The lowest BCUT2D eigenvalue weighted by Gasteiger charge is -2.46. The minimum atomic E-state index is -1.38. The molecule has 2 aliphatic rings. The lowest BCUT2D eigenvalue weighted by molar-refractivity contribution is 0.0107. The van der Waals surface area contributed by atoms with Crippen molar-refractivity contribution in [1.82, 2.24) is 0 Å². The van der Waals surface area contributed by atoms with E-state index < -0.39 is 8.07 Å². The van der Waals surface area contributed by atoms with Crippen LogP contribution in [0.4, 0.5) is 0 Å². The molecule has 0 bridgehead atoms. The van der Waals surface area contributed by atoms with E-state index in [0.29, 0.717) is 11.7 Å². The number of allylic oxidation sites excluding steroid dienone is 2. The molecule has 31 heavy (non-hydrogen) atoms. The van der Waals surface area contributed by atoms with Gasteiger partial charge in [0.15, 0.2) is 0 Å². The van der Waals surface area contributed by atoms with Gasteiger partial charge in [-0.1, -0.05) is 72.7 Å². The highest BCUT2D eigenvalue weighted by atomic mass is 28.3. The predicted molar refractivity (Wildman–Crippen MR) is 133 cm³/mol. The number of hydrogen-bond acceptors (Lipinski definition) is 2. The number of phenolic OH excluding ortho intramolecular Hbond substituents is 1. The summed E-state index contributed by atoms with van der Waals surface area (Å²) < 4.78 is 6.48. The molecule has 2 atom stereocenters. The molecule has 0 unspecified atom stereocenters. The highest BCUT2D eigenvalue weighted by molar-refractivity contribution is 6.89. The third-order valence-corrected chi connectivity index (χ3v) is 11.1. The van der Waals surface area contributed by atoms with Crippen LogP contribution < -0.4 is 9.92 Å². The zero-order chi connectivity index (χ0) is 22.2. The Balaban J connectivity index is 1.46. The zero-order valence-corrected chi connectivity index (χ0v) is 20.9. The van der Waals surface area contributed by atoms with Gasteiger partial charge in [0.2, 0.25) is 0 Å². The van der Waals surface area contributed by atoms with Crippen LogP contribution in [-0.4, -0.2) is 18.8 Å². The molecule has 0 saturated carbocycles. The first-order chi connectivity index (χ1) is 14.7. The van der Waals surface area contributed by atoms with Gasteiger partial charge in [0, 0.05) is 17.4 Å². The first-order valence-corrected chi connectivity index (χ1v) is 15.2. The Hall–Kier alpha value is -2.00. The predicted octanol–water partition coefficient (Wildman–Crippen LogP) is 6.94. The lowest BCUT2D eigenvalue weighted by atomic mass is 9.68. The summed E-state index contributed by atoms with van der Waals surface area (Å²) in [6.45, 7) is 11.6. The summed E-state index contributed by atoms with van der Waals surface area (Å²) in [5.74, 6) is 2.00. The fourth-order valence-corrected chi connectivity index (χ4v) is 8.17. The summed E-state index contributed by atoms with van der Waals surface area (Å²) >= 11 is 0. The van der Waals surface area contributed by atoms with E-state index in [2.05, 4.69) is 76.3 Å². The van der Waals surface area contributed by atoms with E-state index in [1.807, 2.05) is 6.07 Å². The van der Waals surface area contributed by atoms with Crippen LogP contribution in [0.2, 0.25) is 19.1 Å². The van der Waals surface area contributed by atoms with Gasteiger partial charge >= 0.3 is 0 Å². The number of unbranched alkanes of at least 4 members (excludes halogenated alkanes) is 1. The van der Waals surface area contributed by atoms with Crippen LogP contribution in [-0.2, 0) is 6.42 Å². The van der Waals surface area contributed by atoms with Gasteiger partial charge in [0.1, 0.15) is 17.1 Å². The fourth-order valence-electron chi connectivity index (χ4n) is 5.65. The quantitative estimate of drug-likeness (QED) is 0.303. The topological polar surface area (TPSA) is 29.5 Å². The first kappa shape index (κ1) is 22.2. The van der Waals surface area contributed by atoms with E-state index in [9.17, 15) is 5.11 Å². The van der Waals surface area contributed by atoms with Crippen molar-refractivity contribution in [3.63, 3.8) is 0 Å². The first-order valence-electron chi connectivity index (χ1n) is 11.9. The Morgan fingerprint density at radius 3 is 2.58 bits per heavy atom. The SMILES string of the molecule is CC1=C[C@H]2c3c(O)cc(CCCC[Si](C)(C)c4ccccc4)cc3OC(C)(C)[C@@H]2CC1. The van der Waals surface area contributed by atoms with Crippen LogP contribution in [0.15, 0.2) is 54.1 Å². The van der Waals surface area contributed by atoms with Crippen LogP contribution in [0.25, 0.3) is 0 Å². The van der Waals surface area contributed by atoms with E-state index in [0.717, 1.165) is 37.0 Å². The molecule has 0 amide bonds. The summed E-state index contributed by atoms with van der Waals surface area (Å²) in [5, 5.41) is 12.5. The monoisotopic (exact) mass is 434 g/mol. The molecule has 0 saturated heterocycles. The Morgan fingerprint density at radius 1 is 1.10 bits per heavy atom. The third kappa shape index (κ3) is 4.62. The van der Waals surface area contributed by atoms with Gasteiger partial charge in [0.25, 0.3) is 0 Å². The maximum Gasteiger partial charge on any atom is 0.127 e. The number of aryl methyl sites for hydroxylation is 1. The second-order valence-corrected chi connectivity index (χ2v) is 15.7. The number of ether oxygens (including phenoxy) is 1. The molecular formula is C28H38O2Si. The van der Waals surface area contributed by atoms with Crippen molar-refractivity contribution in [3.05, 3.63) is 65.2 Å². The third-order valence-electron chi connectivity index (χ3n) is 7.60. The molecule has 1 aliphatic carbocycles. The molecule has 1 heterocycles. The molecule has 2 aromatic carbocycles. The molecule has 3 heteroatoms. The number of rotatable bonds is 6. The van der Waals surface area contributed by atoms with Gasteiger partial charge in [-0.3, -0.25) is 0 Å². The van der Waals surface area contributed by atoms with Gasteiger partial charge in [-0.05, 0) is 64.2 Å². The normalized spacial score (nSPS) is 22.2. The van der Waals surface area contributed by atoms with E-state index in [1.165, 1.54) is 23.6 Å². The molecular weight excluding hydrogens is 396 g/mol. The van der Waals surface area contributed by atoms with Crippen molar-refractivity contribution >= 4 is 13.3 Å². The number of benzene rings is 2. The molecule has 1 N–H and O–H groups in total. The Bertz CT molecular complexity index is 958. The van der Waals surface area contributed by atoms with Gasteiger partial charge in [-0.15, -0.1) is 0 Å². The van der Waals surface area contributed by atoms with Gasteiger partial charge in [-0.2, -0.15) is 0 Å². The minimum absolute atomic E-state index is 0.203. The fraction of sp³-hybridized carbons (Fsp3) is 0.500. The van der Waals surface area contributed by atoms with Crippen LogP contribution >= 0.6 is 0 Å². The lowest BCUT2D eigenvalue weighted by Crippen LogP contribution is -2.45. The molecule has 0 spiro atoms. The maximum atomic E-state index is 11.0. The molecule has 0 aromatic heterocycles. The second-order valence-electron chi connectivity index (χ2n) is 10.9. The van der Waals surface area contributed by atoms with Gasteiger partial charge < -0.3 is 9.84 Å². The second kappa shape index (κ2) is 8.50. The van der Waals surface area contributed by atoms with Crippen molar-refractivity contribution in [2.45, 2.75) is 83.5 Å². The largest absolute Gasteiger partial charge is 0.507 e. The van der Waals surface area contributed by atoms with Crippen LogP contribution in [0.1, 0.15) is 63.5 Å². The van der Waals surface area contributed by atoms with Gasteiger partial charge in [0.05, 0.1) is 8.07 Å². The zero-order valence-electron chi connectivity index (χ0n) is 19.9. The number of hydrogen-bond donors (Lipinski definition) is 1. The van der Waals surface area contributed by atoms with Gasteiger partial charge in [-0.25, -0.2) is 0 Å². The Labute approximate surface area is 189 Å². The van der Waals surface area contributed by atoms with Crippen molar-refractivity contribution < 1.29 is 9.84 Å². The number of fused-ring (bicyclic) bond motifs is 3. The highest BCUT2D eigenvalue weighted by Crippen LogP contribution is 2.53. The van der Waals surface area contributed by atoms with Crippen molar-refractivity contribution in [2.24, 2.45) is 5.92 Å². The molecule has 2 aromatic rings. The van der Waals surface area contributed by atoms with E-state index in [4.69, 9.17) is 4.74 Å². The smallest absolute Gasteiger partial charge is 0.127 e. The minimum Gasteiger partial charge on any atom is -0.507 e. The molecule has 0 fully saturated rings. The number of aromatic hydroxyl groups is 1. The number of phenols is 1. The van der Waals surface area contributed by atoms with Crippen molar-refractivity contribution in [3.8, 4) is 11.5 Å². The van der Waals surface area contributed by atoms with Crippen LogP contribution in [0.5, 0.6) is 11.5 Å². The molecule has 166 valence electrons. The molecule has 0 radical (unpaired) electrons. The average Bonchev–Trinajstić information content (AvgIpc) is 2.71. The van der Waals surface area contributed by atoms with Crippen LogP contribution in [0, 0.1) is 5.92 Å². The summed E-state index contributed by atoms with van der Waals surface area (Å²) in [7, 11) is -1.38. The summed E-state index contributed by atoms with van der Waals surface area (Å²) in [6.07, 6.45) is 7.99. The Kier molecular flexibility index (Phi) is 6.09. The van der Waals surface area contributed by atoms with Crippen LogP contribution in [0.3, 0.4) is 0 Å². The highest BCUT2D eigenvalue weighted by Gasteiger charge is 2.45. The molecule has 1 aliphatic heterocycles. The van der Waals surface area contributed by atoms with Crippen molar-refractivity contribution in [1.29, 1.82) is 0 Å². The van der Waals surface area contributed by atoms with Crippen molar-refractivity contribution in [2.75, 3.05) is 0 Å². The Morgan fingerprint density at radius 2 is 1.84 bits per heavy atom.